The molecule has 1 aliphatic heterocycles. The topological polar surface area (TPSA) is 60.4 Å². The van der Waals surface area contributed by atoms with Gasteiger partial charge in [0.05, 0.1) is 23.2 Å². The van der Waals surface area contributed by atoms with Crippen molar-refractivity contribution in [2.45, 2.75) is 29.9 Å². The molecule has 0 aromatic heterocycles. The number of cyclic esters (lactones) is 1. The van der Waals surface area contributed by atoms with Crippen LogP contribution in [0, 0.1) is 5.92 Å². The Morgan fingerprint density at radius 1 is 1.35 bits per heavy atom. The molecule has 0 spiro atoms. The predicted octanol–water partition coefficient (Wildman–Crippen LogP) is 2.36. The van der Waals surface area contributed by atoms with E-state index in [1.54, 1.807) is 37.3 Å². The zero-order chi connectivity index (χ0) is 14.8. The van der Waals surface area contributed by atoms with Gasteiger partial charge in [-0.05, 0) is 31.4 Å². The maximum absolute atomic E-state index is 12.8. The van der Waals surface area contributed by atoms with Crippen molar-refractivity contribution in [1.82, 2.24) is 0 Å². The fourth-order valence-corrected chi connectivity index (χ4v) is 4.73. The number of hydrogen-bond donors (Lipinski definition) is 0. The second-order valence-electron chi connectivity index (χ2n) is 5.10. The zero-order valence-corrected chi connectivity index (χ0v) is 12.2. The normalized spacial score (nSPS) is 21.1. The summed E-state index contributed by atoms with van der Waals surface area (Å²) in [5, 5.41) is -0.738. The molecule has 2 atom stereocenters. The molecule has 0 radical (unpaired) electrons. The van der Waals surface area contributed by atoms with E-state index in [1.165, 1.54) is 0 Å². The minimum absolute atomic E-state index is 0.129. The first-order chi connectivity index (χ1) is 9.43. The molecule has 0 unspecified atom stereocenters. The minimum atomic E-state index is -3.53. The van der Waals surface area contributed by atoms with Crippen molar-refractivity contribution < 1.29 is 17.9 Å². The SMILES string of the molecule is C=C(C)[C@@H]([C@H]1CCOC(=O)C1)S(=O)(=O)c1ccccc1. The van der Waals surface area contributed by atoms with Gasteiger partial charge in [-0.2, -0.15) is 0 Å². The van der Waals surface area contributed by atoms with Crippen LogP contribution in [-0.4, -0.2) is 26.2 Å². The molecular formula is C15H18O4S. The molecule has 1 fully saturated rings. The molecule has 4 nitrogen and oxygen atoms in total. The third kappa shape index (κ3) is 2.93. The highest BCUT2D eigenvalue weighted by molar-refractivity contribution is 7.92. The zero-order valence-electron chi connectivity index (χ0n) is 11.4. The molecule has 1 aliphatic rings. The van der Waals surface area contributed by atoms with E-state index in [4.69, 9.17) is 4.74 Å². The van der Waals surface area contributed by atoms with Gasteiger partial charge in [-0.15, -0.1) is 0 Å². The molecule has 5 heteroatoms. The highest BCUT2D eigenvalue weighted by Gasteiger charge is 2.38. The first-order valence-electron chi connectivity index (χ1n) is 6.53. The number of benzene rings is 1. The Kier molecular flexibility index (Phi) is 4.28. The largest absolute Gasteiger partial charge is 0.466 e. The summed E-state index contributed by atoms with van der Waals surface area (Å²) < 4.78 is 30.4. The van der Waals surface area contributed by atoms with Crippen LogP contribution in [0.15, 0.2) is 47.4 Å². The van der Waals surface area contributed by atoms with Gasteiger partial charge in [0.1, 0.15) is 0 Å². The van der Waals surface area contributed by atoms with Crippen LogP contribution < -0.4 is 0 Å². The molecule has 1 aromatic carbocycles. The van der Waals surface area contributed by atoms with Gasteiger partial charge in [0.15, 0.2) is 9.84 Å². The highest BCUT2D eigenvalue weighted by Crippen LogP contribution is 2.32. The van der Waals surface area contributed by atoms with Crippen molar-refractivity contribution in [2.75, 3.05) is 6.61 Å². The van der Waals surface area contributed by atoms with Crippen LogP contribution in [0.2, 0.25) is 0 Å². The quantitative estimate of drug-likeness (QED) is 0.632. The van der Waals surface area contributed by atoms with E-state index in [0.29, 0.717) is 12.0 Å². The standard InChI is InChI=1S/C15H18O4S/c1-11(2)15(12-8-9-19-14(16)10-12)20(17,18)13-6-4-3-5-7-13/h3-7,12,15H,1,8-10H2,2H3/t12-,15-/m0/s1. The third-order valence-electron chi connectivity index (χ3n) is 3.50. The summed E-state index contributed by atoms with van der Waals surface area (Å²) in [6.07, 6.45) is 0.679. The molecule has 1 saturated heterocycles. The number of sulfone groups is 1. The number of carbonyl (C=O) groups is 1. The van der Waals surface area contributed by atoms with E-state index in [1.807, 2.05) is 0 Å². The van der Waals surface area contributed by atoms with Gasteiger partial charge in [-0.25, -0.2) is 8.42 Å². The summed E-state index contributed by atoms with van der Waals surface area (Å²) in [6, 6.07) is 8.31. The molecular weight excluding hydrogens is 276 g/mol. The molecule has 0 amide bonds. The van der Waals surface area contributed by atoms with Crippen LogP contribution in [0.25, 0.3) is 0 Å². The van der Waals surface area contributed by atoms with Crippen molar-refractivity contribution >= 4 is 15.8 Å². The van der Waals surface area contributed by atoms with E-state index in [2.05, 4.69) is 6.58 Å². The lowest BCUT2D eigenvalue weighted by Gasteiger charge is -2.29. The lowest BCUT2D eigenvalue weighted by atomic mass is 9.92. The van der Waals surface area contributed by atoms with E-state index in [9.17, 15) is 13.2 Å². The number of carbonyl (C=O) groups excluding carboxylic acids is 1. The molecule has 20 heavy (non-hydrogen) atoms. The van der Waals surface area contributed by atoms with E-state index in [0.717, 1.165) is 0 Å². The van der Waals surface area contributed by atoms with Crippen LogP contribution in [0.1, 0.15) is 19.8 Å². The first-order valence-corrected chi connectivity index (χ1v) is 8.07. The van der Waals surface area contributed by atoms with Crippen LogP contribution in [0.5, 0.6) is 0 Å². The first kappa shape index (κ1) is 14.8. The highest BCUT2D eigenvalue weighted by atomic mass is 32.2. The van der Waals surface area contributed by atoms with Gasteiger partial charge >= 0.3 is 5.97 Å². The average Bonchev–Trinajstić information content (AvgIpc) is 2.39. The van der Waals surface area contributed by atoms with Gasteiger partial charge in [0.2, 0.25) is 0 Å². The maximum Gasteiger partial charge on any atom is 0.306 e. The molecule has 108 valence electrons. The Morgan fingerprint density at radius 2 is 2.00 bits per heavy atom. The maximum atomic E-state index is 12.8. The molecule has 0 bridgehead atoms. The van der Waals surface area contributed by atoms with Crippen LogP contribution >= 0.6 is 0 Å². The van der Waals surface area contributed by atoms with E-state index < -0.39 is 15.1 Å². The van der Waals surface area contributed by atoms with Gasteiger partial charge in [0.25, 0.3) is 0 Å². The monoisotopic (exact) mass is 294 g/mol. The van der Waals surface area contributed by atoms with Crippen LogP contribution in [0.4, 0.5) is 0 Å². The fraction of sp³-hybridized carbons (Fsp3) is 0.400. The van der Waals surface area contributed by atoms with Crippen molar-refractivity contribution in [3.8, 4) is 0 Å². The summed E-state index contributed by atoms with van der Waals surface area (Å²) in [7, 11) is -3.53. The summed E-state index contributed by atoms with van der Waals surface area (Å²) >= 11 is 0. The van der Waals surface area contributed by atoms with Crippen molar-refractivity contribution in [1.29, 1.82) is 0 Å². The Labute approximate surface area is 119 Å². The van der Waals surface area contributed by atoms with E-state index >= 15 is 0 Å². The minimum Gasteiger partial charge on any atom is -0.466 e. The lowest BCUT2D eigenvalue weighted by Crippen LogP contribution is -2.36. The fourth-order valence-electron chi connectivity index (χ4n) is 2.63. The van der Waals surface area contributed by atoms with Gasteiger partial charge in [-0.3, -0.25) is 4.79 Å². The number of ether oxygens (including phenoxy) is 1. The molecule has 0 N–H and O–H groups in total. The Bertz CT molecular complexity index is 604. The Balaban J connectivity index is 2.38. The van der Waals surface area contributed by atoms with Gasteiger partial charge in [0, 0.05) is 0 Å². The average molecular weight is 294 g/mol. The molecule has 0 aliphatic carbocycles. The van der Waals surface area contributed by atoms with Gasteiger partial charge in [-0.1, -0.05) is 30.4 Å². The molecule has 1 heterocycles. The second kappa shape index (κ2) is 5.79. The van der Waals surface area contributed by atoms with E-state index in [-0.39, 0.29) is 29.8 Å². The molecule has 2 rings (SSSR count). The number of rotatable bonds is 4. The number of esters is 1. The van der Waals surface area contributed by atoms with Crippen molar-refractivity contribution in [2.24, 2.45) is 5.92 Å². The lowest BCUT2D eigenvalue weighted by molar-refractivity contribution is -0.148. The smallest absolute Gasteiger partial charge is 0.306 e. The summed E-state index contributed by atoms with van der Waals surface area (Å²) in [4.78, 5) is 11.7. The third-order valence-corrected chi connectivity index (χ3v) is 5.89. The van der Waals surface area contributed by atoms with Crippen molar-refractivity contribution in [3.05, 3.63) is 42.5 Å². The Hall–Kier alpha value is -1.62. The van der Waals surface area contributed by atoms with Crippen molar-refractivity contribution in [3.63, 3.8) is 0 Å². The van der Waals surface area contributed by atoms with Crippen LogP contribution in [-0.2, 0) is 19.4 Å². The molecule has 1 aromatic rings. The predicted molar refractivity (Wildman–Crippen MR) is 75.9 cm³/mol. The Morgan fingerprint density at radius 3 is 2.55 bits per heavy atom. The summed E-state index contributed by atoms with van der Waals surface area (Å²) in [5.41, 5.74) is 0.563. The summed E-state index contributed by atoms with van der Waals surface area (Å²) in [6.45, 7) is 5.79. The van der Waals surface area contributed by atoms with Gasteiger partial charge < -0.3 is 4.74 Å². The summed E-state index contributed by atoms with van der Waals surface area (Å²) in [5.74, 6) is -0.602. The molecule has 0 saturated carbocycles. The second-order valence-corrected chi connectivity index (χ2v) is 7.17. The number of hydrogen-bond acceptors (Lipinski definition) is 4. The van der Waals surface area contributed by atoms with Crippen LogP contribution in [0.3, 0.4) is 0 Å².